The van der Waals surface area contributed by atoms with Crippen LogP contribution in [0.1, 0.15) is 19.3 Å². The Morgan fingerprint density at radius 3 is 2.64 bits per heavy atom. The van der Waals surface area contributed by atoms with E-state index < -0.39 is 0 Å². The van der Waals surface area contributed by atoms with Crippen LogP contribution in [0.15, 0.2) is 24.3 Å². The van der Waals surface area contributed by atoms with Crippen LogP contribution < -0.4 is 11.1 Å². The summed E-state index contributed by atoms with van der Waals surface area (Å²) in [7, 11) is 0. The lowest BCUT2D eigenvalue weighted by molar-refractivity contribution is 0.707. The topological polar surface area (TPSA) is 38.0 Å². The third kappa shape index (κ3) is 3.99. The summed E-state index contributed by atoms with van der Waals surface area (Å²) in [4.78, 5) is 0. The van der Waals surface area contributed by atoms with Crippen molar-refractivity contribution < 1.29 is 0 Å². The minimum atomic E-state index is 0.784. The predicted molar refractivity (Wildman–Crippen MR) is 62.8 cm³/mol. The fraction of sp³-hybridized carbons (Fsp3) is 0.455. The minimum absolute atomic E-state index is 0.784. The smallest absolute Gasteiger partial charge is 0.0637 e. The quantitative estimate of drug-likeness (QED) is 0.712. The molecule has 1 rings (SSSR count). The van der Waals surface area contributed by atoms with Crippen LogP contribution >= 0.6 is 11.6 Å². The Bertz CT molecular complexity index is 263. The first kappa shape index (κ1) is 11.3. The lowest BCUT2D eigenvalue weighted by Gasteiger charge is -2.07. The van der Waals surface area contributed by atoms with Gasteiger partial charge in [0, 0.05) is 6.54 Å². The van der Waals surface area contributed by atoms with E-state index in [-0.39, 0.29) is 0 Å². The number of unbranched alkanes of at least 4 members (excludes halogenated alkanes) is 2. The maximum Gasteiger partial charge on any atom is 0.0637 e. The summed E-state index contributed by atoms with van der Waals surface area (Å²) < 4.78 is 0. The first-order valence-electron chi connectivity index (χ1n) is 5.03. The molecule has 3 N–H and O–H groups in total. The largest absolute Gasteiger partial charge is 0.384 e. The van der Waals surface area contributed by atoms with Crippen molar-refractivity contribution in [3.8, 4) is 0 Å². The monoisotopic (exact) mass is 212 g/mol. The van der Waals surface area contributed by atoms with Gasteiger partial charge in [-0.2, -0.15) is 0 Å². The minimum Gasteiger partial charge on any atom is -0.384 e. The molecule has 0 aromatic heterocycles. The average Bonchev–Trinajstić information content (AvgIpc) is 2.20. The van der Waals surface area contributed by atoms with Gasteiger partial charge in [-0.3, -0.25) is 0 Å². The van der Waals surface area contributed by atoms with E-state index in [0.717, 1.165) is 36.6 Å². The zero-order valence-electron chi connectivity index (χ0n) is 8.30. The molecule has 1 aromatic carbocycles. The van der Waals surface area contributed by atoms with E-state index in [1.54, 1.807) is 0 Å². The molecule has 0 fully saturated rings. The van der Waals surface area contributed by atoms with Gasteiger partial charge in [0.25, 0.3) is 0 Å². The summed E-state index contributed by atoms with van der Waals surface area (Å²) in [5.74, 6) is 0. The molecule has 78 valence electrons. The number of anilines is 1. The number of para-hydroxylation sites is 1. The van der Waals surface area contributed by atoms with Gasteiger partial charge >= 0.3 is 0 Å². The van der Waals surface area contributed by atoms with Crippen molar-refractivity contribution in [1.82, 2.24) is 0 Å². The van der Waals surface area contributed by atoms with Crippen molar-refractivity contribution in [3.63, 3.8) is 0 Å². The Labute approximate surface area is 90.4 Å². The fourth-order valence-corrected chi connectivity index (χ4v) is 1.48. The van der Waals surface area contributed by atoms with Gasteiger partial charge in [-0.05, 0) is 31.5 Å². The van der Waals surface area contributed by atoms with Crippen molar-refractivity contribution in [2.75, 3.05) is 18.4 Å². The van der Waals surface area contributed by atoms with E-state index in [1.807, 2.05) is 24.3 Å². The third-order valence-corrected chi connectivity index (χ3v) is 2.40. The molecule has 0 aliphatic carbocycles. The summed E-state index contributed by atoms with van der Waals surface area (Å²) in [6.45, 7) is 1.75. The Morgan fingerprint density at radius 1 is 1.14 bits per heavy atom. The highest BCUT2D eigenvalue weighted by molar-refractivity contribution is 6.33. The molecule has 0 saturated carbocycles. The molecule has 0 saturated heterocycles. The van der Waals surface area contributed by atoms with Crippen LogP contribution in [0.3, 0.4) is 0 Å². The van der Waals surface area contributed by atoms with Gasteiger partial charge in [-0.15, -0.1) is 0 Å². The van der Waals surface area contributed by atoms with E-state index in [9.17, 15) is 0 Å². The molecule has 0 spiro atoms. The van der Waals surface area contributed by atoms with E-state index in [1.165, 1.54) is 6.42 Å². The Balaban J connectivity index is 2.21. The molecule has 2 nitrogen and oxygen atoms in total. The maximum absolute atomic E-state index is 5.98. The van der Waals surface area contributed by atoms with E-state index in [4.69, 9.17) is 17.3 Å². The Hall–Kier alpha value is -0.730. The summed E-state index contributed by atoms with van der Waals surface area (Å²) in [5, 5.41) is 4.08. The van der Waals surface area contributed by atoms with Crippen LogP contribution in [0.4, 0.5) is 5.69 Å². The summed E-state index contributed by atoms with van der Waals surface area (Å²) >= 11 is 5.98. The van der Waals surface area contributed by atoms with Gasteiger partial charge in [-0.1, -0.05) is 30.2 Å². The van der Waals surface area contributed by atoms with Crippen molar-refractivity contribution >= 4 is 17.3 Å². The van der Waals surface area contributed by atoms with Crippen molar-refractivity contribution in [2.24, 2.45) is 5.73 Å². The third-order valence-electron chi connectivity index (χ3n) is 2.07. The molecule has 0 unspecified atom stereocenters. The number of nitrogens with two attached hydrogens (primary N) is 1. The van der Waals surface area contributed by atoms with E-state index in [2.05, 4.69) is 5.32 Å². The van der Waals surface area contributed by atoms with Crippen molar-refractivity contribution in [3.05, 3.63) is 29.3 Å². The van der Waals surface area contributed by atoms with Gasteiger partial charge in [0.05, 0.1) is 10.7 Å². The van der Waals surface area contributed by atoms with Gasteiger partial charge in [0.15, 0.2) is 0 Å². The van der Waals surface area contributed by atoms with Crippen LogP contribution in [0.2, 0.25) is 5.02 Å². The summed E-state index contributed by atoms with van der Waals surface area (Å²) in [5.41, 5.74) is 6.42. The molecule has 14 heavy (non-hydrogen) atoms. The number of hydrogen-bond donors (Lipinski definition) is 2. The molecular weight excluding hydrogens is 196 g/mol. The van der Waals surface area contributed by atoms with Crippen LogP contribution in [0.25, 0.3) is 0 Å². The highest BCUT2D eigenvalue weighted by Crippen LogP contribution is 2.20. The molecule has 0 heterocycles. The number of rotatable bonds is 6. The predicted octanol–water partition coefficient (Wildman–Crippen LogP) is 2.88. The molecule has 0 bridgehead atoms. The Kier molecular flexibility index (Phi) is 5.42. The highest BCUT2D eigenvalue weighted by Gasteiger charge is 1.96. The molecular formula is C11H17ClN2. The molecule has 1 aromatic rings. The average molecular weight is 213 g/mol. The van der Waals surface area contributed by atoms with Crippen molar-refractivity contribution in [2.45, 2.75) is 19.3 Å². The first-order valence-corrected chi connectivity index (χ1v) is 5.41. The second kappa shape index (κ2) is 6.68. The van der Waals surface area contributed by atoms with Crippen LogP contribution in [0.5, 0.6) is 0 Å². The maximum atomic E-state index is 5.98. The second-order valence-electron chi connectivity index (χ2n) is 3.26. The SMILES string of the molecule is NCCCCCNc1ccccc1Cl. The van der Waals surface area contributed by atoms with Gasteiger partial charge in [0.1, 0.15) is 0 Å². The van der Waals surface area contributed by atoms with Gasteiger partial charge in [-0.25, -0.2) is 0 Å². The van der Waals surface area contributed by atoms with Crippen LogP contribution in [0, 0.1) is 0 Å². The van der Waals surface area contributed by atoms with Crippen LogP contribution in [-0.2, 0) is 0 Å². The van der Waals surface area contributed by atoms with E-state index in [0.29, 0.717) is 0 Å². The van der Waals surface area contributed by atoms with Crippen LogP contribution in [-0.4, -0.2) is 13.1 Å². The molecule has 0 atom stereocenters. The number of halogens is 1. The molecule has 0 aliphatic heterocycles. The second-order valence-corrected chi connectivity index (χ2v) is 3.66. The zero-order valence-corrected chi connectivity index (χ0v) is 9.06. The zero-order chi connectivity index (χ0) is 10.2. The lowest BCUT2D eigenvalue weighted by Crippen LogP contribution is -2.04. The van der Waals surface area contributed by atoms with Gasteiger partial charge in [0.2, 0.25) is 0 Å². The normalized spacial score (nSPS) is 10.1. The number of benzene rings is 1. The van der Waals surface area contributed by atoms with Gasteiger partial charge < -0.3 is 11.1 Å². The molecule has 0 amide bonds. The summed E-state index contributed by atoms with van der Waals surface area (Å²) in [6.07, 6.45) is 3.42. The number of nitrogens with one attached hydrogen (secondary N) is 1. The standard InChI is InChI=1S/C11H17ClN2/c12-10-6-2-3-7-11(10)14-9-5-1-4-8-13/h2-3,6-7,14H,1,4-5,8-9,13H2. The Morgan fingerprint density at radius 2 is 1.93 bits per heavy atom. The van der Waals surface area contributed by atoms with Crippen molar-refractivity contribution in [1.29, 1.82) is 0 Å². The first-order chi connectivity index (χ1) is 6.84. The lowest BCUT2D eigenvalue weighted by atomic mass is 10.2. The molecule has 0 radical (unpaired) electrons. The molecule has 3 heteroatoms. The molecule has 0 aliphatic rings. The highest BCUT2D eigenvalue weighted by atomic mass is 35.5. The van der Waals surface area contributed by atoms with E-state index >= 15 is 0 Å². The fourth-order valence-electron chi connectivity index (χ4n) is 1.27. The number of hydrogen-bond acceptors (Lipinski definition) is 2. The summed E-state index contributed by atoms with van der Waals surface area (Å²) in [6, 6.07) is 7.80.